The molecule has 0 saturated heterocycles. The second kappa shape index (κ2) is 10.4. The van der Waals surface area contributed by atoms with Crippen LogP contribution in [-0.2, 0) is 11.2 Å². The second-order valence-electron chi connectivity index (χ2n) is 5.79. The molecule has 1 aromatic carbocycles. The molecule has 0 radical (unpaired) electrons. The van der Waals surface area contributed by atoms with Crippen LogP contribution in [0.2, 0.25) is 0 Å². The summed E-state index contributed by atoms with van der Waals surface area (Å²) in [5.74, 6) is -0.113. The molecule has 1 unspecified atom stereocenters. The number of carbonyl (C=O) groups is 1. The number of nitrogens with two attached hydrogens (primary N) is 1. The van der Waals surface area contributed by atoms with Crippen molar-refractivity contribution in [2.45, 2.75) is 45.5 Å². The monoisotopic (exact) mass is 368 g/mol. The Balaban J connectivity index is 0.00000529. The molecule has 3 N–H and O–H groups in total. The van der Waals surface area contributed by atoms with E-state index in [0.717, 1.165) is 6.42 Å². The Hall–Kier alpha value is -1.47. The highest BCUT2D eigenvalue weighted by atomic mass is 35.5. The Kier molecular flexibility index (Phi) is 9.77. The molecule has 1 aromatic rings. The summed E-state index contributed by atoms with van der Waals surface area (Å²) in [5, 5.41) is 2.81. The van der Waals surface area contributed by atoms with Crippen molar-refractivity contribution in [1.82, 2.24) is 5.32 Å². The van der Waals surface area contributed by atoms with Gasteiger partial charge in [-0.3, -0.25) is 4.79 Å². The largest absolute Gasteiger partial charge is 0.573 e. The number of carbonyl (C=O) groups excluding carboxylic acids is 1. The molecule has 1 atom stereocenters. The number of nitrogens with one attached hydrogen (secondary N) is 1. The Morgan fingerprint density at radius 1 is 1.29 bits per heavy atom. The molecule has 4 nitrogen and oxygen atoms in total. The summed E-state index contributed by atoms with van der Waals surface area (Å²) in [6.07, 6.45) is -3.75. The zero-order chi connectivity index (χ0) is 17.5. The number of ether oxygens (including phenoxy) is 1. The molecule has 0 spiro atoms. The molecular weight excluding hydrogens is 345 g/mol. The summed E-state index contributed by atoms with van der Waals surface area (Å²) in [4.78, 5) is 11.9. The molecule has 8 heteroatoms. The minimum absolute atomic E-state index is 0. The van der Waals surface area contributed by atoms with Gasteiger partial charge in [0, 0.05) is 19.0 Å². The highest BCUT2D eigenvalue weighted by Crippen LogP contribution is 2.26. The fourth-order valence-corrected chi connectivity index (χ4v) is 2.27. The molecule has 0 bridgehead atoms. The van der Waals surface area contributed by atoms with E-state index >= 15 is 0 Å². The molecule has 138 valence electrons. The van der Waals surface area contributed by atoms with Crippen LogP contribution < -0.4 is 15.8 Å². The fourth-order valence-electron chi connectivity index (χ4n) is 2.27. The zero-order valence-corrected chi connectivity index (χ0v) is 14.5. The number of para-hydroxylation sites is 1. The van der Waals surface area contributed by atoms with E-state index in [1.807, 2.05) is 13.8 Å². The Labute approximate surface area is 146 Å². The van der Waals surface area contributed by atoms with Crippen LogP contribution in [0.3, 0.4) is 0 Å². The van der Waals surface area contributed by atoms with Gasteiger partial charge in [0.2, 0.25) is 5.91 Å². The van der Waals surface area contributed by atoms with Gasteiger partial charge in [0.05, 0.1) is 0 Å². The minimum Gasteiger partial charge on any atom is -0.406 e. The molecule has 0 fully saturated rings. The average molecular weight is 369 g/mol. The first-order valence-corrected chi connectivity index (χ1v) is 7.54. The molecule has 24 heavy (non-hydrogen) atoms. The van der Waals surface area contributed by atoms with Crippen LogP contribution in [0.15, 0.2) is 24.3 Å². The third kappa shape index (κ3) is 8.98. The van der Waals surface area contributed by atoms with Crippen LogP contribution in [0.25, 0.3) is 0 Å². The molecule has 0 aliphatic rings. The maximum absolute atomic E-state index is 12.3. The van der Waals surface area contributed by atoms with Crippen LogP contribution in [0, 0.1) is 5.92 Å². The highest BCUT2D eigenvalue weighted by Gasteiger charge is 2.31. The molecular formula is C16H24ClF3N2O2. The lowest BCUT2D eigenvalue weighted by Gasteiger charge is -2.19. The summed E-state index contributed by atoms with van der Waals surface area (Å²) >= 11 is 0. The minimum atomic E-state index is -4.75. The standard InChI is InChI=1S/C16H23F3N2O2.ClH/c1-11(2)9-13(10-20)21-15(22)8-7-12-5-3-4-6-14(12)23-16(17,18)19;/h3-6,11,13H,7-10,20H2,1-2H3,(H,21,22);1H. The highest BCUT2D eigenvalue weighted by molar-refractivity contribution is 5.85. The summed E-state index contributed by atoms with van der Waals surface area (Å²) in [5.41, 5.74) is 5.95. The smallest absolute Gasteiger partial charge is 0.406 e. The molecule has 0 heterocycles. The van der Waals surface area contributed by atoms with E-state index in [1.54, 1.807) is 6.07 Å². The number of aryl methyl sites for hydroxylation is 1. The molecule has 1 amide bonds. The SMILES string of the molecule is CC(C)CC(CN)NC(=O)CCc1ccccc1OC(F)(F)F.Cl. The first kappa shape index (κ1) is 22.5. The topological polar surface area (TPSA) is 64.3 Å². The maximum Gasteiger partial charge on any atom is 0.573 e. The van der Waals surface area contributed by atoms with Crippen molar-refractivity contribution in [3.8, 4) is 5.75 Å². The van der Waals surface area contributed by atoms with Crippen LogP contribution in [0.1, 0.15) is 32.3 Å². The van der Waals surface area contributed by atoms with Crippen molar-refractivity contribution in [2.24, 2.45) is 11.7 Å². The van der Waals surface area contributed by atoms with Crippen LogP contribution in [-0.4, -0.2) is 24.9 Å². The number of alkyl halides is 3. The van der Waals surface area contributed by atoms with E-state index < -0.39 is 6.36 Å². The van der Waals surface area contributed by atoms with E-state index in [9.17, 15) is 18.0 Å². The van der Waals surface area contributed by atoms with Gasteiger partial charge < -0.3 is 15.8 Å². The summed E-state index contributed by atoms with van der Waals surface area (Å²) in [6.45, 7) is 4.39. The lowest BCUT2D eigenvalue weighted by molar-refractivity contribution is -0.274. The number of rotatable bonds is 8. The predicted octanol–water partition coefficient (Wildman–Crippen LogP) is 3.43. The van der Waals surface area contributed by atoms with Crippen molar-refractivity contribution in [3.05, 3.63) is 29.8 Å². The second-order valence-corrected chi connectivity index (χ2v) is 5.79. The maximum atomic E-state index is 12.3. The van der Waals surface area contributed by atoms with Crippen LogP contribution in [0.4, 0.5) is 13.2 Å². The molecule has 0 aliphatic carbocycles. The van der Waals surface area contributed by atoms with Gasteiger partial charge in [-0.1, -0.05) is 32.0 Å². The zero-order valence-electron chi connectivity index (χ0n) is 13.7. The van der Waals surface area contributed by atoms with Gasteiger partial charge in [0.25, 0.3) is 0 Å². The van der Waals surface area contributed by atoms with Gasteiger partial charge in [-0.25, -0.2) is 0 Å². The third-order valence-electron chi connectivity index (χ3n) is 3.23. The normalized spacial score (nSPS) is 12.5. The average Bonchev–Trinajstić information content (AvgIpc) is 2.43. The number of amides is 1. The van der Waals surface area contributed by atoms with Gasteiger partial charge in [-0.15, -0.1) is 25.6 Å². The van der Waals surface area contributed by atoms with Gasteiger partial charge in [-0.2, -0.15) is 0 Å². The number of hydrogen-bond acceptors (Lipinski definition) is 3. The Bertz CT molecular complexity index is 510. The number of hydrogen-bond donors (Lipinski definition) is 2. The predicted molar refractivity (Wildman–Crippen MR) is 89.1 cm³/mol. The van der Waals surface area contributed by atoms with E-state index in [2.05, 4.69) is 10.1 Å². The fraction of sp³-hybridized carbons (Fsp3) is 0.562. The summed E-state index contributed by atoms with van der Waals surface area (Å²) in [6, 6.07) is 5.70. The van der Waals surface area contributed by atoms with Crippen molar-refractivity contribution in [2.75, 3.05) is 6.54 Å². The lowest BCUT2D eigenvalue weighted by Crippen LogP contribution is -2.41. The first-order valence-electron chi connectivity index (χ1n) is 7.54. The first-order chi connectivity index (χ1) is 10.7. The van der Waals surface area contributed by atoms with E-state index in [-0.39, 0.29) is 42.9 Å². The molecule has 0 aromatic heterocycles. The molecule has 0 saturated carbocycles. The number of halogens is 4. The van der Waals surface area contributed by atoms with Crippen molar-refractivity contribution in [3.63, 3.8) is 0 Å². The summed E-state index contributed by atoms with van der Waals surface area (Å²) < 4.78 is 41.0. The van der Waals surface area contributed by atoms with Crippen LogP contribution in [0.5, 0.6) is 5.75 Å². The van der Waals surface area contributed by atoms with E-state index in [0.29, 0.717) is 18.0 Å². The quantitative estimate of drug-likeness (QED) is 0.738. The molecule has 0 aliphatic heterocycles. The Morgan fingerprint density at radius 2 is 1.92 bits per heavy atom. The van der Waals surface area contributed by atoms with Gasteiger partial charge >= 0.3 is 6.36 Å². The van der Waals surface area contributed by atoms with Gasteiger partial charge in [0.1, 0.15) is 5.75 Å². The molecule has 1 rings (SSSR count). The van der Waals surface area contributed by atoms with Crippen molar-refractivity contribution < 1.29 is 22.7 Å². The summed E-state index contributed by atoms with van der Waals surface area (Å²) in [7, 11) is 0. The van der Waals surface area contributed by atoms with Crippen molar-refractivity contribution >= 4 is 18.3 Å². The lowest BCUT2D eigenvalue weighted by atomic mass is 10.0. The van der Waals surface area contributed by atoms with E-state index in [1.165, 1.54) is 18.2 Å². The number of benzene rings is 1. The van der Waals surface area contributed by atoms with Gasteiger partial charge in [0.15, 0.2) is 0 Å². The third-order valence-corrected chi connectivity index (χ3v) is 3.23. The van der Waals surface area contributed by atoms with Crippen LogP contribution >= 0.6 is 12.4 Å². The van der Waals surface area contributed by atoms with Crippen molar-refractivity contribution in [1.29, 1.82) is 0 Å². The Morgan fingerprint density at radius 3 is 2.46 bits per heavy atom. The van der Waals surface area contributed by atoms with Gasteiger partial charge in [-0.05, 0) is 30.4 Å². The van der Waals surface area contributed by atoms with E-state index in [4.69, 9.17) is 5.73 Å².